The second-order valence-electron chi connectivity index (χ2n) is 7.05. The molecule has 30 heavy (non-hydrogen) atoms. The Hall–Kier alpha value is -1.66. The molecule has 1 aromatic heterocycles. The quantitative estimate of drug-likeness (QED) is 0.230. The molecular weight excluding hydrogens is 515 g/mol. The van der Waals surface area contributed by atoms with Crippen LogP contribution in [0.3, 0.4) is 0 Å². The Balaban J connectivity index is 0.00000320. The number of hydrogen-bond acceptors (Lipinski definition) is 4. The molecule has 0 amide bonds. The van der Waals surface area contributed by atoms with Crippen LogP contribution in [0.4, 0.5) is 0 Å². The molecule has 166 valence electrons. The maximum Gasteiger partial charge on any atom is 0.243 e. The van der Waals surface area contributed by atoms with Crippen LogP contribution in [0, 0.1) is 0 Å². The number of aromatic nitrogens is 2. The van der Waals surface area contributed by atoms with Crippen molar-refractivity contribution in [2.24, 2.45) is 4.99 Å². The number of aliphatic imine (C=N–C) groups is 1. The van der Waals surface area contributed by atoms with E-state index in [1.165, 1.54) is 0 Å². The van der Waals surface area contributed by atoms with Gasteiger partial charge in [0.05, 0.1) is 4.90 Å². The highest BCUT2D eigenvalue weighted by Gasteiger charge is 2.27. The monoisotopic (exact) mass is 546 g/mol. The highest BCUT2D eigenvalue weighted by Crippen LogP contribution is 2.23. The lowest BCUT2D eigenvalue weighted by atomic mass is 10.2. The maximum atomic E-state index is 13.1. The molecule has 1 aromatic carbocycles. The summed E-state index contributed by atoms with van der Waals surface area (Å²) in [5.74, 6) is 0.649. The van der Waals surface area contributed by atoms with Crippen molar-refractivity contribution in [2.75, 3.05) is 26.7 Å². The van der Waals surface area contributed by atoms with Crippen LogP contribution >= 0.6 is 24.0 Å². The summed E-state index contributed by atoms with van der Waals surface area (Å²) in [7, 11) is -1.76. The molecule has 0 saturated carbocycles. The molecule has 0 unspecified atom stereocenters. The lowest BCUT2D eigenvalue weighted by molar-refractivity contribution is 0.346. The van der Waals surface area contributed by atoms with Crippen molar-refractivity contribution >= 4 is 40.0 Å². The summed E-state index contributed by atoms with van der Waals surface area (Å²) in [5.41, 5.74) is 0.748. The van der Waals surface area contributed by atoms with E-state index in [2.05, 4.69) is 20.7 Å². The smallest absolute Gasteiger partial charge is 0.243 e. The third-order valence-corrected chi connectivity index (χ3v) is 6.99. The highest BCUT2D eigenvalue weighted by molar-refractivity contribution is 14.0. The summed E-state index contributed by atoms with van der Waals surface area (Å²) in [5, 5.41) is 10.7. The van der Waals surface area contributed by atoms with Gasteiger partial charge in [-0.25, -0.2) is 8.42 Å². The highest BCUT2D eigenvalue weighted by atomic mass is 127. The topological polar surface area (TPSA) is 91.6 Å². The fourth-order valence-corrected chi connectivity index (χ4v) is 5.17. The van der Waals surface area contributed by atoms with Gasteiger partial charge in [0, 0.05) is 52.2 Å². The molecule has 1 fully saturated rings. The number of benzene rings is 1. The lowest BCUT2D eigenvalue weighted by Gasteiger charge is -2.27. The summed E-state index contributed by atoms with van der Waals surface area (Å²) in [6, 6.07) is 9.11. The molecule has 1 saturated heterocycles. The van der Waals surface area contributed by atoms with Gasteiger partial charge in [-0.15, -0.1) is 24.0 Å². The molecule has 0 aliphatic carbocycles. The molecule has 2 aromatic rings. The predicted molar refractivity (Wildman–Crippen MR) is 130 cm³/mol. The standard InChI is InChI=1S/C20H30N6O2S.HI/c1-21-20(22-11-7-13-25-14-8-12-24-25)23-17-18-9-3-4-10-19(18)29(27,28)26-15-5-2-6-16-26;/h3-4,8-10,12,14H,2,5-7,11,13,15-17H2,1H3,(H2,21,22,23);1H. The normalized spacial score (nSPS) is 15.4. The van der Waals surface area contributed by atoms with E-state index in [0.717, 1.165) is 44.3 Å². The van der Waals surface area contributed by atoms with Crippen LogP contribution < -0.4 is 10.6 Å². The van der Waals surface area contributed by atoms with E-state index < -0.39 is 10.0 Å². The Morgan fingerprint density at radius 3 is 2.60 bits per heavy atom. The first-order chi connectivity index (χ1) is 14.1. The van der Waals surface area contributed by atoms with Gasteiger partial charge in [-0.05, 0) is 37.0 Å². The zero-order chi connectivity index (χ0) is 20.5. The van der Waals surface area contributed by atoms with E-state index in [0.29, 0.717) is 30.5 Å². The molecule has 2 heterocycles. The Labute approximate surface area is 196 Å². The summed E-state index contributed by atoms with van der Waals surface area (Å²) in [6.07, 6.45) is 7.56. The van der Waals surface area contributed by atoms with Crippen LogP contribution in [0.1, 0.15) is 31.2 Å². The molecular formula is C20H31IN6O2S. The number of aryl methyl sites for hydroxylation is 1. The number of nitrogens with one attached hydrogen (secondary N) is 2. The van der Waals surface area contributed by atoms with E-state index in [1.807, 2.05) is 29.1 Å². The minimum atomic E-state index is -3.47. The number of piperidine rings is 1. The summed E-state index contributed by atoms with van der Waals surface area (Å²) in [4.78, 5) is 4.61. The first-order valence-corrected chi connectivity index (χ1v) is 11.6. The first kappa shape index (κ1) is 24.6. The number of halogens is 1. The van der Waals surface area contributed by atoms with Crippen molar-refractivity contribution in [1.82, 2.24) is 24.7 Å². The Kier molecular flexibility index (Phi) is 10.1. The van der Waals surface area contributed by atoms with Gasteiger partial charge in [0.15, 0.2) is 5.96 Å². The maximum absolute atomic E-state index is 13.1. The zero-order valence-corrected chi connectivity index (χ0v) is 20.5. The van der Waals surface area contributed by atoms with Gasteiger partial charge >= 0.3 is 0 Å². The minimum Gasteiger partial charge on any atom is -0.356 e. The van der Waals surface area contributed by atoms with Gasteiger partial charge < -0.3 is 10.6 Å². The van der Waals surface area contributed by atoms with Crippen LogP contribution in [-0.4, -0.2) is 55.1 Å². The van der Waals surface area contributed by atoms with Crippen LogP contribution in [0.2, 0.25) is 0 Å². The fourth-order valence-electron chi connectivity index (χ4n) is 3.43. The number of sulfonamides is 1. The Morgan fingerprint density at radius 2 is 1.90 bits per heavy atom. The van der Waals surface area contributed by atoms with Crippen LogP contribution in [0.5, 0.6) is 0 Å². The number of guanidine groups is 1. The third kappa shape index (κ3) is 6.67. The summed E-state index contributed by atoms with van der Waals surface area (Å²) < 4.78 is 29.7. The van der Waals surface area contributed by atoms with Crippen molar-refractivity contribution < 1.29 is 8.42 Å². The molecule has 0 radical (unpaired) electrons. The van der Waals surface area contributed by atoms with Crippen molar-refractivity contribution in [3.05, 3.63) is 48.3 Å². The number of nitrogens with zero attached hydrogens (tertiary/aromatic N) is 4. The molecule has 2 N–H and O–H groups in total. The zero-order valence-electron chi connectivity index (χ0n) is 17.3. The van der Waals surface area contributed by atoms with E-state index >= 15 is 0 Å². The SMILES string of the molecule is CN=C(NCCCn1cccn1)NCc1ccccc1S(=O)(=O)N1CCCCC1.I. The Bertz CT molecular complexity index is 896. The number of rotatable bonds is 8. The Morgan fingerprint density at radius 1 is 1.13 bits per heavy atom. The summed E-state index contributed by atoms with van der Waals surface area (Å²) in [6.45, 7) is 3.16. The average Bonchev–Trinajstić information content (AvgIpc) is 3.27. The van der Waals surface area contributed by atoms with E-state index in [-0.39, 0.29) is 24.0 Å². The molecule has 0 atom stereocenters. The van der Waals surface area contributed by atoms with Crippen molar-refractivity contribution in [2.45, 2.75) is 43.7 Å². The molecule has 10 heteroatoms. The van der Waals surface area contributed by atoms with E-state index in [1.54, 1.807) is 29.7 Å². The molecule has 0 spiro atoms. The van der Waals surface area contributed by atoms with Gasteiger partial charge in [0.2, 0.25) is 10.0 Å². The van der Waals surface area contributed by atoms with Crippen molar-refractivity contribution in [1.29, 1.82) is 0 Å². The molecule has 1 aliphatic rings. The molecule has 3 rings (SSSR count). The number of hydrogen-bond donors (Lipinski definition) is 2. The average molecular weight is 546 g/mol. The minimum absolute atomic E-state index is 0. The van der Waals surface area contributed by atoms with Crippen molar-refractivity contribution in [3.8, 4) is 0 Å². The molecule has 0 bridgehead atoms. The van der Waals surface area contributed by atoms with E-state index in [4.69, 9.17) is 0 Å². The predicted octanol–water partition coefficient (Wildman–Crippen LogP) is 2.43. The van der Waals surface area contributed by atoms with Gasteiger partial charge in [-0.1, -0.05) is 24.6 Å². The van der Waals surface area contributed by atoms with E-state index in [9.17, 15) is 8.42 Å². The lowest BCUT2D eigenvalue weighted by Crippen LogP contribution is -2.39. The van der Waals surface area contributed by atoms with Gasteiger partial charge in [-0.3, -0.25) is 9.67 Å². The van der Waals surface area contributed by atoms with Crippen LogP contribution in [-0.2, 0) is 23.1 Å². The van der Waals surface area contributed by atoms with Crippen LogP contribution in [0.25, 0.3) is 0 Å². The van der Waals surface area contributed by atoms with Crippen LogP contribution in [0.15, 0.2) is 52.6 Å². The van der Waals surface area contributed by atoms with Gasteiger partial charge in [0.1, 0.15) is 0 Å². The summed E-state index contributed by atoms with van der Waals surface area (Å²) >= 11 is 0. The first-order valence-electron chi connectivity index (χ1n) is 10.1. The molecule has 1 aliphatic heterocycles. The van der Waals surface area contributed by atoms with Crippen molar-refractivity contribution in [3.63, 3.8) is 0 Å². The van der Waals surface area contributed by atoms with Gasteiger partial charge in [0.25, 0.3) is 0 Å². The third-order valence-electron chi connectivity index (χ3n) is 4.99. The largest absolute Gasteiger partial charge is 0.356 e. The van der Waals surface area contributed by atoms with Gasteiger partial charge in [-0.2, -0.15) is 9.40 Å². The fraction of sp³-hybridized carbons (Fsp3) is 0.500. The second kappa shape index (κ2) is 12.3. The molecule has 8 nitrogen and oxygen atoms in total. The second-order valence-corrected chi connectivity index (χ2v) is 8.95.